The third kappa shape index (κ3) is 1.40. The SMILES string of the molecule is CNc1cnc2sc(C)nc2c1C1CC1. The van der Waals surface area contributed by atoms with E-state index in [1.807, 2.05) is 20.2 Å². The molecular formula is C11H13N3S. The number of thiazole rings is 1. The second kappa shape index (κ2) is 3.17. The molecule has 0 atom stereocenters. The van der Waals surface area contributed by atoms with Crippen molar-refractivity contribution in [2.45, 2.75) is 25.7 Å². The molecule has 0 amide bonds. The molecular weight excluding hydrogens is 206 g/mol. The number of aryl methyl sites for hydroxylation is 1. The van der Waals surface area contributed by atoms with Gasteiger partial charge in [0.1, 0.15) is 10.3 Å². The van der Waals surface area contributed by atoms with Crippen LogP contribution in [-0.2, 0) is 0 Å². The van der Waals surface area contributed by atoms with E-state index in [0.29, 0.717) is 5.92 Å². The molecule has 0 aromatic carbocycles. The van der Waals surface area contributed by atoms with Crippen LogP contribution in [-0.4, -0.2) is 17.0 Å². The van der Waals surface area contributed by atoms with Crippen LogP contribution in [0.4, 0.5) is 5.69 Å². The highest BCUT2D eigenvalue weighted by molar-refractivity contribution is 7.18. The van der Waals surface area contributed by atoms with Crippen molar-refractivity contribution in [3.63, 3.8) is 0 Å². The van der Waals surface area contributed by atoms with Crippen molar-refractivity contribution in [1.29, 1.82) is 0 Å². The van der Waals surface area contributed by atoms with Crippen molar-refractivity contribution in [2.75, 3.05) is 12.4 Å². The van der Waals surface area contributed by atoms with Gasteiger partial charge < -0.3 is 5.32 Å². The zero-order valence-electron chi connectivity index (χ0n) is 8.87. The van der Waals surface area contributed by atoms with Gasteiger partial charge in [-0.3, -0.25) is 0 Å². The average molecular weight is 219 g/mol. The Morgan fingerprint density at radius 3 is 2.93 bits per heavy atom. The highest BCUT2D eigenvalue weighted by Gasteiger charge is 2.29. The van der Waals surface area contributed by atoms with Gasteiger partial charge in [-0.05, 0) is 25.7 Å². The summed E-state index contributed by atoms with van der Waals surface area (Å²) < 4.78 is 0. The molecule has 3 nitrogen and oxygen atoms in total. The molecule has 4 heteroatoms. The Morgan fingerprint density at radius 1 is 1.47 bits per heavy atom. The summed E-state index contributed by atoms with van der Waals surface area (Å²) >= 11 is 1.68. The fourth-order valence-electron chi connectivity index (χ4n) is 1.98. The zero-order chi connectivity index (χ0) is 10.4. The maximum absolute atomic E-state index is 4.60. The number of nitrogens with one attached hydrogen (secondary N) is 1. The van der Waals surface area contributed by atoms with Gasteiger partial charge >= 0.3 is 0 Å². The van der Waals surface area contributed by atoms with Gasteiger partial charge in [0.25, 0.3) is 0 Å². The summed E-state index contributed by atoms with van der Waals surface area (Å²) in [6.45, 7) is 2.04. The molecule has 1 fully saturated rings. The topological polar surface area (TPSA) is 37.8 Å². The van der Waals surface area contributed by atoms with E-state index in [1.54, 1.807) is 11.3 Å². The first-order valence-corrected chi connectivity index (χ1v) is 6.05. The van der Waals surface area contributed by atoms with E-state index in [2.05, 4.69) is 15.3 Å². The van der Waals surface area contributed by atoms with Crippen molar-refractivity contribution in [3.05, 3.63) is 16.8 Å². The fourth-order valence-corrected chi connectivity index (χ4v) is 2.76. The summed E-state index contributed by atoms with van der Waals surface area (Å²) in [7, 11) is 1.95. The van der Waals surface area contributed by atoms with E-state index in [4.69, 9.17) is 0 Å². The molecule has 1 N–H and O–H groups in total. The molecule has 1 aliphatic rings. The number of pyridine rings is 1. The molecule has 0 saturated heterocycles. The van der Waals surface area contributed by atoms with Crippen LogP contribution >= 0.6 is 11.3 Å². The monoisotopic (exact) mass is 219 g/mol. The highest BCUT2D eigenvalue weighted by atomic mass is 32.1. The smallest absolute Gasteiger partial charge is 0.143 e. The van der Waals surface area contributed by atoms with Crippen LogP contribution in [0.5, 0.6) is 0 Å². The van der Waals surface area contributed by atoms with Crippen molar-refractivity contribution < 1.29 is 0 Å². The summed E-state index contributed by atoms with van der Waals surface area (Å²) in [5.74, 6) is 0.708. The van der Waals surface area contributed by atoms with Crippen molar-refractivity contribution in [2.24, 2.45) is 0 Å². The maximum Gasteiger partial charge on any atom is 0.143 e. The van der Waals surface area contributed by atoms with Crippen LogP contribution in [0.15, 0.2) is 6.20 Å². The highest BCUT2D eigenvalue weighted by Crippen LogP contribution is 2.46. The van der Waals surface area contributed by atoms with Crippen molar-refractivity contribution in [3.8, 4) is 0 Å². The Bertz CT molecular complexity index is 514. The Morgan fingerprint density at radius 2 is 2.27 bits per heavy atom. The summed E-state index contributed by atoms with van der Waals surface area (Å²) in [5, 5.41) is 4.32. The minimum atomic E-state index is 0.708. The van der Waals surface area contributed by atoms with Gasteiger partial charge in [0, 0.05) is 12.6 Å². The van der Waals surface area contributed by atoms with Gasteiger partial charge in [-0.25, -0.2) is 9.97 Å². The van der Waals surface area contributed by atoms with Gasteiger partial charge in [-0.1, -0.05) is 11.3 Å². The van der Waals surface area contributed by atoms with E-state index in [9.17, 15) is 0 Å². The Hall–Kier alpha value is -1.16. The first-order valence-electron chi connectivity index (χ1n) is 5.23. The molecule has 0 radical (unpaired) electrons. The van der Waals surface area contributed by atoms with Crippen LogP contribution in [0, 0.1) is 6.92 Å². The molecule has 1 saturated carbocycles. The van der Waals surface area contributed by atoms with Gasteiger partial charge in [0.2, 0.25) is 0 Å². The zero-order valence-corrected chi connectivity index (χ0v) is 9.69. The van der Waals surface area contributed by atoms with Crippen LogP contribution < -0.4 is 5.32 Å². The maximum atomic E-state index is 4.60. The van der Waals surface area contributed by atoms with Crippen LogP contribution in [0.25, 0.3) is 10.3 Å². The van der Waals surface area contributed by atoms with E-state index < -0.39 is 0 Å². The van der Waals surface area contributed by atoms with E-state index >= 15 is 0 Å². The second-order valence-corrected chi connectivity index (χ2v) is 5.18. The summed E-state index contributed by atoms with van der Waals surface area (Å²) in [6.07, 6.45) is 4.53. The molecule has 1 aliphatic carbocycles. The quantitative estimate of drug-likeness (QED) is 0.844. The first-order chi connectivity index (χ1) is 7.29. The second-order valence-electron chi connectivity index (χ2n) is 4.00. The van der Waals surface area contributed by atoms with Crippen molar-refractivity contribution in [1.82, 2.24) is 9.97 Å². The third-order valence-corrected chi connectivity index (χ3v) is 3.71. The number of aromatic nitrogens is 2. The molecule has 0 spiro atoms. The molecule has 0 aliphatic heterocycles. The van der Waals surface area contributed by atoms with Gasteiger partial charge in [-0.2, -0.15) is 0 Å². The van der Waals surface area contributed by atoms with E-state index in [-0.39, 0.29) is 0 Å². The molecule has 2 aromatic rings. The lowest BCUT2D eigenvalue weighted by Crippen LogP contribution is -1.96. The molecule has 78 valence electrons. The lowest BCUT2D eigenvalue weighted by atomic mass is 10.1. The number of hydrogen-bond acceptors (Lipinski definition) is 4. The normalized spacial score (nSPS) is 15.9. The lowest BCUT2D eigenvalue weighted by molar-refractivity contribution is 1.12. The fraction of sp³-hybridized carbons (Fsp3) is 0.455. The third-order valence-electron chi connectivity index (χ3n) is 2.83. The number of nitrogens with zero attached hydrogens (tertiary/aromatic N) is 2. The average Bonchev–Trinajstić information content (AvgIpc) is 2.98. The predicted molar refractivity (Wildman–Crippen MR) is 63.7 cm³/mol. The van der Waals surface area contributed by atoms with Gasteiger partial charge in [-0.15, -0.1) is 0 Å². The molecule has 2 aromatic heterocycles. The van der Waals surface area contributed by atoms with E-state index in [0.717, 1.165) is 21.0 Å². The molecule has 15 heavy (non-hydrogen) atoms. The predicted octanol–water partition coefficient (Wildman–Crippen LogP) is 2.92. The van der Waals surface area contributed by atoms with Crippen molar-refractivity contribution >= 4 is 27.4 Å². The standard InChI is InChI=1S/C11H13N3S/c1-6-14-10-9(7-3-4-7)8(12-2)5-13-11(10)15-6/h5,7,12H,3-4H2,1-2H3. The van der Waals surface area contributed by atoms with Gasteiger partial charge in [0.05, 0.1) is 16.9 Å². The molecule has 0 bridgehead atoms. The number of fused-ring (bicyclic) bond motifs is 1. The largest absolute Gasteiger partial charge is 0.387 e. The number of hydrogen-bond donors (Lipinski definition) is 1. The van der Waals surface area contributed by atoms with Crippen LogP contribution in [0.1, 0.15) is 29.3 Å². The van der Waals surface area contributed by atoms with E-state index in [1.165, 1.54) is 18.4 Å². The minimum Gasteiger partial charge on any atom is -0.387 e. The Kier molecular flexibility index (Phi) is 1.92. The summed E-state index contributed by atoms with van der Waals surface area (Å²) in [4.78, 5) is 10.1. The van der Waals surface area contributed by atoms with Crippen LogP contribution in [0.3, 0.4) is 0 Å². The lowest BCUT2D eigenvalue weighted by Gasteiger charge is -2.07. The van der Waals surface area contributed by atoms with Crippen LogP contribution in [0.2, 0.25) is 0 Å². The summed E-state index contributed by atoms with van der Waals surface area (Å²) in [6, 6.07) is 0. The molecule has 3 rings (SSSR count). The summed E-state index contributed by atoms with van der Waals surface area (Å²) in [5.41, 5.74) is 3.65. The number of anilines is 1. The first kappa shape index (κ1) is 9.09. The number of rotatable bonds is 2. The Labute approximate surface area is 92.6 Å². The Balaban J connectivity index is 2.31. The molecule has 0 unspecified atom stereocenters. The minimum absolute atomic E-state index is 0.708. The van der Waals surface area contributed by atoms with Gasteiger partial charge in [0.15, 0.2) is 0 Å². The molecule has 2 heterocycles.